The van der Waals surface area contributed by atoms with Crippen LogP contribution in [-0.4, -0.2) is 16.4 Å². The second kappa shape index (κ2) is 12.1. The third-order valence-electron chi connectivity index (χ3n) is 8.26. The number of aliphatic hydroxyl groups is 1. The van der Waals surface area contributed by atoms with E-state index in [0.29, 0.717) is 5.56 Å². The molecule has 0 bridgehead atoms. The summed E-state index contributed by atoms with van der Waals surface area (Å²) < 4.78 is 0.862. The van der Waals surface area contributed by atoms with Crippen molar-refractivity contribution in [1.82, 2.24) is 0 Å². The van der Waals surface area contributed by atoms with E-state index < -0.39 is 12.1 Å². The Kier molecular flexibility index (Phi) is 7.52. The zero-order valence-electron chi connectivity index (χ0n) is 24.4. The maximum absolute atomic E-state index is 12.7. The number of benzene rings is 6. The highest BCUT2D eigenvalue weighted by Crippen LogP contribution is 2.39. The fraction of sp³-hybridized carbons (Fsp3) is 0.0500. The summed E-state index contributed by atoms with van der Waals surface area (Å²) in [7, 11) is 0. The van der Waals surface area contributed by atoms with Crippen molar-refractivity contribution in [3.8, 4) is 28.0 Å². The standard InChI is InChI=1S/C40H30N2O3/c43-37-22-21-30(23-32(37)24-41-39(28-11-3-1-4-12-28)40(44)29-13-5-2-6-14-29)34-19-9-16-27-17-10-20-35(38(27)34)36-26-42(45)25-31-15-7-8-18-33(31)36/h1-26,39-40,43-44H/t39-,40+/m1/s1. The van der Waals surface area contributed by atoms with Gasteiger partial charge < -0.3 is 15.4 Å². The second-order valence-electron chi connectivity index (χ2n) is 11.1. The smallest absolute Gasteiger partial charge is 0.188 e. The zero-order valence-corrected chi connectivity index (χ0v) is 24.4. The molecular weight excluding hydrogens is 556 g/mol. The molecule has 7 aromatic rings. The van der Waals surface area contributed by atoms with Crippen LogP contribution in [0.5, 0.6) is 5.75 Å². The minimum atomic E-state index is -0.875. The molecular formula is C40H30N2O3. The van der Waals surface area contributed by atoms with E-state index in [1.165, 1.54) is 0 Å². The summed E-state index contributed by atoms with van der Waals surface area (Å²) in [5, 5.41) is 38.9. The van der Waals surface area contributed by atoms with Gasteiger partial charge in [-0.3, -0.25) is 4.99 Å². The number of aliphatic hydroxyl groups excluding tert-OH is 1. The topological polar surface area (TPSA) is 79.8 Å². The van der Waals surface area contributed by atoms with Gasteiger partial charge in [-0.05, 0) is 56.8 Å². The largest absolute Gasteiger partial charge is 0.619 e. The van der Waals surface area contributed by atoms with Crippen molar-refractivity contribution in [2.75, 3.05) is 0 Å². The first-order chi connectivity index (χ1) is 22.1. The monoisotopic (exact) mass is 586 g/mol. The van der Waals surface area contributed by atoms with Gasteiger partial charge in [-0.2, -0.15) is 4.73 Å². The van der Waals surface area contributed by atoms with Crippen LogP contribution >= 0.6 is 0 Å². The fourth-order valence-electron chi connectivity index (χ4n) is 6.07. The van der Waals surface area contributed by atoms with Gasteiger partial charge in [0, 0.05) is 22.6 Å². The number of aromatic hydroxyl groups is 1. The number of aliphatic imine (C=N–C) groups is 1. The molecule has 7 rings (SSSR count). The van der Waals surface area contributed by atoms with E-state index >= 15 is 0 Å². The number of nitrogens with zero attached hydrogens (tertiary/aromatic N) is 2. The van der Waals surface area contributed by atoms with Crippen molar-refractivity contribution in [1.29, 1.82) is 0 Å². The molecule has 0 fully saturated rings. The molecule has 0 aliphatic rings. The lowest BCUT2D eigenvalue weighted by Crippen LogP contribution is -2.24. The predicted molar refractivity (Wildman–Crippen MR) is 181 cm³/mol. The highest BCUT2D eigenvalue weighted by molar-refractivity contribution is 6.10. The highest BCUT2D eigenvalue weighted by Gasteiger charge is 2.22. The van der Waals surface area contributed by atoms with Gasteiger partial charge >= 0.3 is 0 Å². The van der Waals surface area contributed by atoms with Crippen molar-refractivity contribution in [2.24, 2.45) is 4.99 Å². The number of fused-ring (bicyclic) bond motifs is 2. The van der Waals surface area contributed by atoms with Crippen molar-refractivity contribution >= 4 is 27.8 Å². The lowest BCUT2D eigenvalue weighted by Gasteiger charge is -2.20. The Balaban J connectivity index is 1.35. The van der Waals surface area contributed by atoms with Gasteiger partial charge in [0.25, 0.3) is 0 Å². The lowest BCUT2D eigenvalue weighted by molar-refractivity contribution is -0.603. The Morgan fingerprint density at radius 2 is 1.27 bits per heavy atom. The Morgan fingerprint density at radius 1 is 0.622 bits per heavy atom. The van der Waals surface area contributed by atoms with E-state index in [1.54, 1.807) is 24.7 Å². The number of phenols is 1. The number of phenolic OH excluding ortho intramolecular Hbond substituents is 1. The molecule has 5 nitrogen and oxygen atoms in total. The molecule has 45 heavy (non-hydrogen) atoms. The minimum Gasteiger partial charge on any atom is -0.619 e. The molecule has 218 valence electrons. The Bertz CT molecular complexity index is 2160. The van der Waals surface area contributed by atoms with Crippen LogP contribution in [0.2, 0.25) is 0 Å². The SMILES string of the molecule is [O-][n+]1cc(-c2cccc3cccc(-c4ccc(O)c(C=N[C@H](c5ccccc5)[C@@H](O)c5ccccc5)c4)c23)c2ccccc2c1. The molecule has 0 radical (unpaired) electrons. The van der Waals surface area contributed by atoms with Gasteiger partial charge in [-0.15, -0.1) is 0 Å². The molecule has 0 aliphatic heterocycles. The molecule has 2 N–H and O–H groups in total. The number of hydrogen-bond donors (Lipinski definition) is 2. The molecule has 5 heteroatoms. The van der Waals surface area contributed by atoms with Gasteiger partial charge in [-0.1, -0.05) is 121 Å². The molecule has 0 spiro atoms. The predicted octanol–water partition coefficient (Wildman–Crippen LogP) is 8.56. The van der Waals surface area contributed by atoms with Crippen LogP contribution in [0.3, 0.4) is 0 Å². The minimum absolute atomic E-state index is 0.0884. The van der Waals surface area contributed by atoms with Crippen LogP contribution in [0.15, 0.2) is 157 Å². The summed E-state index contributed by atoms with van der Waals surface area (Å²) in [5.74, 6) is 0.0884. The number of aromatic nitrogens is 1. The molecule has 6 aromatic carbocycles. The van der Waals surface area contributed by atoms with Crippen LogP contribution in [0, 0.1) is 5.21 Å². The number of pyridine rings is 1. The normalized spacial score (nSPS) is 12.9. The summed E-state index contributed by atoms with van der Waals surface area (Å²) >= 11 is 0. The molecule has 0 saturated carbocycles. The van der Waals surface area contributed by atoms with E-state index in [0.717, 1.165) is 59.7 Å². The summed E-state index contributed by atoms with van der Waals surface area (Å²) in [6, 6.07) is 44.2. The molecule has 1 aromatic heterocycles. The third kappa shape index (κ3) is 5.53. The van der Waals surface area contributed by atoms with Crippen LogP contribution in [0.25, 0.3) is 43.8 Å². The summed E-state index contributed by atoms with van der Waals surface area (Å²) in [6.07, 6.45) is 3.98. The lowest BCUT2D eigenvalue weighted by atomic mass is 9.90. The molecule has 0 saturated heterocycles. The van der Waals surface area contributed by atoms with Gasteiger partial charge in [0.15, 0.2) is 12.4 Å². The van der Waals surface area contributed by atoms with Crippen LogP contribution < -0.4 is 4.73 Å². The average molecular weight is 587 g/mol. The summed E-state index contributed by atoms with van der Waals surface area (Å²) in [6.45, 7) is 0. The van der Waals surface area contributed by atoms with Gasteiger partial charge in [-0.25, -0.2) is 0 Å². The molecule has 0 unspecified atom stereocenters. The first-order valence-electron chi connectivity index (χ1n) is 14.8. The van der Waals surface area contributed by atoms with Crippen LogP contribution in [-0.2, 0) is 0 Å². The molecule has 2 atom stereocenters. The summed E-state index contributed by atoms with van der Waals surface area (Å²) in [5.41, 5.74) is 5.81. The fourth-order valence-corrected chi connectivity index (χ4v) is 6.07. The first-order valence-corrected chi connectivity index (χ1v) is 14.8. The van der Waals surface area contributed by atoms with Crippen LogP contribution in [0.1, 0.15) is 28.8 Å². The van der Waals surface area contributed by atoms with E-state index in [1.807, 2.05) is 115 Å². The summed E-state index contributed by atoms with van der Waals surface area (Å²) in [4.78, 5) is 4.83. The van der Waals surface area contributed by atoms with Gasteiger partial charge in [0.2, 0.25) is 0 Å². The number of hydrogen-bond acceptors (Lipinski definition) is 4. The van der Waals surface area contributed by atoms with E-state index in [2.05, 4.69) is 18.2 Å². The molecule has 0 amide bonds. The Hall–Kier alpha value is -5.78. The number of rotatable bonds is 7. The molecule has 0 aliphatic carbocycles. The quantitative estimate of drug-likeness (QED) is 0.112. The van der Waals surface area contributed by atoms with E-state index in [9.17, 15) is 15.4 Å². The van der Waals surface area contributed by atoms with Crippen molar-refractivity contribution in [3.63, 3.8) is 0 Å². The second-order valence-corrected chi connectivity index (χ2v) is 11.1. The third-order valence-corrected chi connectivity index (χ3v) is 8.26. The molecule has 1 heterocycles. The Labute approximate surface area is 261 Å². The van der Waals surface area contributed by atoms with Crippen molar-refractivity contribution in [3.05, 3.63) is 174 Å². The zero-order chi connectivity index (χ0) is 30.8. The van der Waals surface area contributed by atoms with Crippen molar-refractivity contribution in [2.45, 2.75) is 12.1 Å². The van der Waals surface area contributed by atoms with Crippen LogP contribution in [0.4, 0.5) is 0 Å². The Morgan fingerprint density at radius 3 is 2.02 bits per heavy atom. The average Bonchev–Trinajstić information content (AvgIpc) is 3.09. The maximum Gasteiger partial charge on any atom is 0.188 e. The van der Waals surface area contributed by atoms with Gasteiger partial charge in [0.05, 0.1) is 5.56 Å². The van der Waals surface area contributed by atoms with E-state index in [4.69, 9.17) is 4.99 Å². The first kappa shape index (κ1) is 28.0. The highest BCUT2D eigenvalue weighted by atomic mass is 16.5. The maximum atomic E-state index is 12.7. The van der Waals surface area contributed by atoms with Gasteiger partial charge in [0.1, 0.15) is 17.9 Å². The van der Waals surface area contributed by atoms with E-state index in [-0.39, 0.29) is 5.75 Å². The van der Waals surface area contributed by atoms with Crippen molar-refractivity contribution < 1.29 is 14.9 Å².